The molecule has 0 unspecified atom stereocenters. The fourth-order valence-electron chi connectivity index (χ4n) is 5.00. The van der Waals surface area contributed by atoms with Gasteiger partial charge >= 0.3 is 6.18 Å². The summed E-state index contributed by atoms with van der Waals surface area (Å²) in [6.45, 7) is 3.54. The summed E-state index contributed by atoms with van der Waals surface area (Å²) in [5.41, 5.74) is 0.335. The van der Waals surface area contributed by atoms with E-state index in [9.17, 15) is 21.6 Å². The van der Waals surface area contributed by atoms with E-state index in [1.165, 1.54) is 29.7 Å². The Morgan fingerprint density at radius 3 is 2.46 bits per heavy atom. The highest BCUT2D eigenvalue weighted by molar-refractivity contribution is 7.88. The maximum atomic E-state index is 13.9. The van der Waals surface area contributed by atoms with E-state index in [0.29, 0.717) is 36.6 Å². The van der Waals surface area contributed by atoms with Gasteiger partial charge in [-0.3, -0.25) is 4.90 Å². The molecule has 0 radical (unpaired) electrons. The van der Waals surface area contributed by atoms with Crippen LogP contribution in [-0.4, -0.2) is 75.6 Å². The van der Waals surface area contributed by atoms with Crippen molar-refractivity contribution in [3.8, 4) is 17.1 Å². The highest BCUT2D eigenvalue weighted by Crippen LogP contribution is 2.36. The number of hydrogen-bond donors (Lipinski definition) is 1. The van der Waals surface area contributed by atoms with E-state index in [0.717, 1.165) is 37.7 Å². The first-order valence-electron chi connectivity index (χ1n) is 12.7. The summed E-state index contributed by atoms with van der Waals surface area (Å²) in [7, 11) is -3.29. The van der Waals surface area contributed by atoms with Crippen LogP contribution in [0.15, 0.2) is 36.9 Å². The van der Waals surface area contributed by atoms with Gasteiger partial charge in [-0.15, -0.1) is 0 Å². The molecule has 39 heavy (non-hydrogen) atoms. The number of piperidine rings is 1. The molecule has 9 nitrogen and oxygen atoms in total. The number of sulfonamides is 1. The molecule has 2 saturated heterocycles. The first-order valence-corrected chi connectivity index (χ1v) is 14.9. The minimum absolute atomic E-state index is 0.0228. The third-order valence-corrected chi connectivity index (χ3v) is 8.68. The standard InChI is InChI=1S/C25H29ClF3N7O2S/c1-39(37,38)36-10-6-18(7-11-36)32-24-30-13-19(25(27,28)29)23(33-24)21-15-35(16-31-21)22-5-4-17(12-20(22)26)14-34-8-2-3-9-34/h4-5,12-13,15-16,18H,2-3,6-11,14H2,1H3,(H,30,32,33). The van der Waals surface area contributed by atoms with Gasteiger partial charge < -0.3 is 9.88 Å². The third kappa shape index (κ3) is 6.53. The molecule has 0 aliphatic carbocycles. The highest BCUT2D eigenvalue weighted by atomic mass is 35.5. The minimum Gasteiger partial charge on any atom is -0.351 e. The van der Waals surface area contributed by atoms with Crippen LogP contribution in [0.3, 0.4) is 0 Å². The number of imidazole rings is 1. The van der Waals surface area contributed by atoms with E-state index < -0.39 is 21.8 Å². The Morgan fingerprint density at radius 2 is 1.82 bits per heavy atom. The normalized spacial score (nSPS) is 18.1. The van der Waals surface area contributed by atoms with Gasteiger partial charge in [-0.25, -0.2) is 27.7 Å². The number of nitrogens with one attached hydrogen (secondary N) is 1. The molecule has 210 valence electrons. The second-order valence-corrected chi connectivity index (χ2v) is 12.4. The molecule has 1 aromatic carbocycles. The zero-order chi connectivity index (χ0) is 27.8. The predicted molar refractivity (Wildman–Crippen MR) is 142 cm³/mol. The molecule has 14 heteroatoms. The molecule has 0 atom stereocenters. The number of benzene rings is 1. The monoisotopic (exact) mass is 583 g/mol. The van der Waals surface area contributed by atoms with Crippen molar-refractivity contribution >= 4 is 27.6 Å². The molecule has 5 rings (SSSR count). The lowest BCUT2D eigenvalue weighted by molar-refractivity contribution is -0.137. The average Bonchev–Trinajstić information content (AvgIpc) is 3.56. The van der Waals surface area contributed by atoms with E-state index in [1.807, 2.05) is 18.2 Å². The van der Waals surface area contributed by atoms with Crippen molar-refractivity contribution in [1.29, 1.82) is 0 Å². The van der Waals surface area contributed by atoms with Crippen LogP contribution < -0.4 is 5.32 Å². The van der Waals surface area contributed by atoms with Crippen LogP contribution in [0.4, 0.5) is 19.1 Å². The van der Waals surface area contributed by atoms with E-state index in [4.69, 9.17) is 11.6 Å². The lowest BCUT2D eigenvalue weighted by Crippen LogP contribution is -2.42. The zero-order valence-corrected chi connectivity index (χ0v) is 22.9. The fourth-order valence-corrected chi connectivity index (χ4v) is 6.18. The number of aromatic nitrogens is 4. The quantitative estimate of drug-likeness (QED) is 0.439. The summed E-state index contributed by atoms with van der Waals surface area (Å²) >= 11 is 6.56. The summed E-state index contributed by atoms with van der Waals surface area (Å²) in [6.07, 6.45) is 3.42. The van der Waals surface area contributed by atoms with E-state index in [1.54, 1.807) is 4.57 Å². The van der Waals surface area contributed by atoms with Crippen LogP contribution in [-0.2, 0) is 22.7 Å². The van der Waals surface area contributed by atoms with E-state index >= 15 is 0 Å². The average molecular weight is 584 g/mol. The molecule has 2 aliphatic heterocycles. The van der Waals surface area contributed by atoms with Crippen LogP contribution in [0, 0.1) is 0 Å². The molecule has 3 aromatic rings. The Labute approximate surface area is 230 Å². The van der Waals surface area contributed by atoms with Crippen LogP contribution in [0.25, 0.3) is 17.1 Å². The molecule has 0 spiro atoms. The summed E-state index contributed by atoms with van der Waals surface area (Å²) in [6, 6.07) is 5.49. The molecule has 1 N–H and O–H groups in total. The first kappa shape index (κ1) is 27.8. The molecular formula is C25H29ClF3N7O2S. The molecule has 4 heterocycles. The number of rotatable bonds is 7. The lowest BCUT2D eigenvalue weighted by atomic mass is 10.1. The second-order valence-electron chi connectivity index (χ2n) is 9.97. The largest absolute Gasteiger partial charge is 0.420 e. The molecule has 2 aliphatic rings. The van der Waals surface area contributed by atoms with Gasteiger partial charge in [0.05, 0.1) is 17.0 Å². The minimum atomic E-state index is -4.69. The zero-order valence-electron chi connectivity index (χ0n) is 21.3. The maximum absolute atomic E-state index is 13.9. The first-order chi connectivity index (χ1) is 18.5. The van der Waals surface area contributed by atoms with Crippen molar-refractivity contribution in [1.82, 2.24) is 28.7 Å². The smallest absolute Gasteiger partial charge is 0.351 e. The lowest BCUT2D eigenvalue weighted by Gasteiger charge is -2.30. The summed E-state index contributed by atoms with van der Waals surface area (Å²) in [4.78, 5) is 14.6. The number of hydrogen-bond acceptors (Lipinski definition) is 7. The van der Waals surface area contributed by atoms with Gasteiger partial charge in [-0.05, 0) is 56.5 Å². The molecule has 2 fully saturated rings. The predicted octanol–water partition coefficient (Wildman–Crippen LogP) is 4.43. The number of likely N-dealkylation sites (tertiary alicyclic amines) is 1. The summed E-state index contributed by atoms with van der Waals surface area (Å²) in [5, 5.41) is 3.52. The van der Waals surface area contributed by atoms with Gasteiger partial charge in [-0.2, -0.15) is 13.2 Å². The van der Waals surface area contributed by atoms with Gasteiger partial charge in [0.2, 0.25) is 16.0 Å². The van der Waals surface area contributed by atoms with E-state index in [-0.39, 0.29) is 23.4 Å². The topological polar surface area (TPSA) is 96.2 Å². The van der Waals surface area contributed by atoms with Crippen LogP contribution in [0.1, 0.15) is 36.8 Å². The second kappa shape index (κ2) is 11.0. The van der Waals surface area contributed by atoms with Crippen LogP contribution >= 0.6 is 11.6 Å². The van der Waals surface area contributed by atoms with Crippen LogP contribution in [0.5, 0.6) is 0 Å². The Hall–Kier alpha value is -2.74. The third-order valence-electron chi connectivity index (χ3n) is 7.07. The Bertz CT molecular complexity index is 1430. The molecule has 2 aromatic heterocycles. The van der Waals surface area contributed by atoms with Gasteiger partial charge in [-0.1, -0.05) is 17.7 Å². The van der Waals surface area contributed by atoms with Crippen molar-refractivity contribution in [2.45, 2.75) is 44.4 Å². The number of halogens is 4. The highest BCUT2D eigenvalue weighted by Gasteiger charge is 2.36. The van der Waals surface area contributed by atoms with Crippen molar-refractivity contribution < 1.29 is 21.6 Å². The number of anilines is 1. The summed E-state index contributed by atoms with van der Waals surface area (Å²) < 4.78 is 68.0. The SMILES string of the molecule is CS(=O)(=O)N1CCC(Nc2ncc(C(F)(F)F)c(-c3cn(-c4ccc(CN5CCCC5)cc4Cl)cn3)n2)CC1. The van der Waals surface area contributed by atoms with Gasteiger partial charge in [0.15, 0.2) is 0 Å². The van der Waals surface area contributed by atoms with Gasteiger partial charge in [0.1, 0.15) is 23.3 Å². The molecule has 0 bridgehead atoms. The molecular weight excluding hydrogens is 555 g/mol. The Morgan fingerprint density at radius 1 is 1.10 bits per heavy atom. The number of nitrogens with zero attached hydrogens (tertiary/aromatic N) is 6. The van der Waals surface area contributed by atoms with Gasteiger partial charge in [0, 0.05) is 38.1 Å². The molecule has 0 amide bonds. The maximum Gasteiger partial charge on any atom is 0.420 e. The van der Waals surface area contributed by atoms with Crippen LogP contribution in [0.2, 0.25) is 5.02 Å². The number of alkyl halides is 3. The fraction of sp³-hybridized carbons (Fsp3) is 0.480. The summed E-state index contributed by atoms with van der Waals surface area (Å²) in [5.74, 6) is 0.0228. The van der Waals surface area contributed by atoms with Gasteiger partial charge in [0.25, 0.3) is 0 Å². The Balaban J connectivity index is 1.37. The van der Waals surface area contributed by atoms with Crippen molar-refractivity contribution in [3.05, 3.63) is 53.1 Å². The Kier molecular flexibility index (Phi) is 7.86. The van der Waals surface area contributed by atoms with Crippen molar-refractivity contribution in [3.63, 3.8) is 0 Å². The van der Waals surface area contributed by atoms with Crippen molar-refractivity contribution in [2.75, 3.05) is 37.8 Å². The molecule has 0 saturated carbocycles. The van der Waals surface area contributed by atoms with E-state index in [2.05, 4.69) is 25.2 Å². The van der Waals surface area contributed by atoms with Crippen molar-refractivity contribution in [2.24, 2.45) is 0 Å².